The Kier molecular flexibility index (Phi) is 3.76. The van der Waals surface area contributed by atoms with Crippen molar-refractivity contribution in [2.75, 3.05) is 12.5 Å². The highest BCUT2D eigenvalue weighted by molar-refractivity contribution is 7.99. The van der Waals surface area contributed by atoms with E-state index in [1.807, 2.05) is 0 Å². The maximum Gasteiger partial charge on any atom is 0.277 e. The molecule has 28 heavy (non-hydrogen) atoms. The zero-order chi connectivity index (χ0) is 18.7. The van der Waals surface area contributed by atoms with E-state index in [2.05, 4.69) is 10.2 Å². The number of rotatable bonds is 5. The number of carbonyl (C=O) groups excluding carboxylic acids is 1. The Bertz CT molecular complexity index is 905. The van der Waals surface area contributed by atoms with Gasteiger partial charge in [-0.1, -0.05) is 11.8 Å². The Morgan fingerprint density at radius 2 is 1.75 bits per heavy atom. The van der Waals surface area contributed by atoms with E-state index in [0.717, 1.165) is 23.6 Å². The summed E-state index contributed by atoms with van der Waals surface area (Å²) in [4.78, 5) is 12.5. The lowest BCUT2D eigenvalue weighted by Gasteiger charge is -2.55. The summed E-state index contributed by atoms with van der Waals surface area (Å²) in [5.74, 6) is 4.90. The van der Waals surface area contributed by atoms with Gasteiger partial charge in [-0.05, 0) is 74.5 Å². The predicted molar refractivity (Wildman–Crippen MR) is 102 cm³/mol. The zero-order valence-corrected chi connectivity index (χ0v) is 16.4. The maximum absolute atomic E-state index is 12.5. The standard InChI is InChI=1S/C21H22N2O4S/c24-16(15-1-2-17-18(6-15)26-11-25-17)10-28-20-23-22-19(27-20)21-7-12-3-13(8-21)5-14(4-12)9-21/h1-2,6,12-14H,3-5,7-11H2. The van der Waals surface area contributed by atoms with Crippen LogP contribution in [0.4, 0.5) is 0 Å². The van der Waals surface area contributed by atoms with E-state index in [1.165, 1.54) is 50.3 Å². The normalized spacial score (nSPS) is 32.1. The third kappa shape index (κ3) is 2.74. The summed E-state index contributed by atoms with van der Waals surface area (Å²) in [6.45, 7) is 0.205. The molecule has 2 aromatic rings. The lowest BCUT2D eigenvalue weighted by atomic mass is 9.49. The quantitative estimate of drug-likeness (QED) is 0.551. The highest BCUT2D eigenvalue weighted by atomic mass is 32.2. The fraction of sp³-hybridized carbons (Fsp3) is 0.571. The number of Topliss-reactive ketones (excluding diaryl/α,β-unsaturated/α-hetero) is 1. The molecule has 2 heterocycles. The Morgan fingerprint density at radius 3 is 2.50 bits per heavy atom. The van der Waals surface area contributed by atoms with E-state index in [9.17, 15) is 4.79 Å². The van der Waals surface area contributed by atoms with Crippen molar-refractivity contribution in [1.29, 1.82) is 0 Å². The number of aromatic nitrogens is 2. The first kappa shape index (κ1) is 16.9. The van der Waals surface area contributed by atoms with E-state index in [-0.39, 0.29) is 23.7 Å². The largest absolute Gasteiger partial charge is 0.454 e. The van der Waals surface area contributed by atoms with Gasteiger partial charge in [-0.15, -0.1) is 10.2 Å². The number of thioether (sulfide) groups is 1. The number of fused-ring (bicyclic) bond motifs is 1. The van der Waals surface area contributed by atoms with E-state index in [0.29, 0.717) is 22.3 Å². The van der Waals surface area contributed by atoms with E-state index < -0.39 is 0 Å². The molecule has 146 valence electrons. The first-order valence-electron chi connectivity index (χ1n) is 10.1. The van der Waals surface area contributed by atoms with Crippen LogP contribution >= 0.6 is 11.8 Å². The van der Waals surface area contributed by atoms with Gasteiger partial charge in [-0.2, -0.15) is 0 Å². The van der Waals surface area contributed by atoms with Crippen LogP contribution < -0.4 is 9.47 Å². The lowest BCUT2D eigenvalue weighted by Crippen LogP contribution is -2.48. The van der Waals surface area contributed by atoms with Crippen molar-refractivity contribution in [3.05, 3.63) is 29.7 Å². The van der Waals surface area contributed by atoms with E-state index in [1.54, 1.807) is 18.2 Å². The van der Waals surface area contributed by atoms with Crippen LogP contribution in [0, 0.1) is 17.8 Å². The van der Waals surface area contributed by atoms with Gasteiger partial charge in [0.1, 0.15) is 0 Å². The van der Waals surface area contributed by atoms with Crippen molar-refractivity contribution >= 4 is 17.5 Å². The molecule has 4 aliphatic carbocycles. The third-order valence-corrected chi connectivity index (χ3v) is 7.74. The van der Waals surface area contributed by atoms with Gasteiger partial charge in [0.15, 0.2) is 17.3 Å². The topological polar surface area (TPSA) is 74.5 Å². The van der Waals surface area contributed by atoms with Crippen LogP contribution in [0.25, 0.3) is 0 Å². The van der Waals surface area contributed by atoms with Crippen LogP contribution in [0.3, 0.4) is 0 Å². The van der Waals surface area contributed by atoms with Crippen LogP contribution in [0.1, 0.15) is 54.8 Å². The summed E-state index contributed by atoms with van der Waals surface area (Å²) >= 11 is 1.32. The molecule has 7 rings (SSSR count). The Labute approximate surface area is 167 Å². The molecule has 1 aromatic carbocycles. The molecule has 7 heteroatoms. The number of ether oxygens (including phenoxy) is 2. The number of hydrogen-bond donors (Lipinski definition) is 0. The number of carbonyl (C=O) groups is 1. The molecule has 4 bridgehead atoms. The second-order valence-electron chi connectivity index (χ2n) is 8.85. The van der Waals surface area contributed by atoms with Crippen molar-refractivity contribution in [1.82, 2.24) is 10.2 Å². The Morgan fingerprint density at radius 1 is 1.04 bits per heavy atom. The molecule has 1 aliphatic heterocycles. The molecule has 6 nitrogen and oxygen atoms in total. The van der Waals surface area contributed by atoms with Crippen LogP contribution in [0.2, 0.25) is 0 Å². The molecule has 1 aromatic heterocycles. The molecule has 0 N–H and O–H groups in total. The van der Waals surface area contributed by atoms with E-state index >= 15 is 0 Å². The molecular weight excluding hydrogens is 376 g/mol. The second kappa shape index (κ2) is 6.24. The summed E-state index contributed by atoms with van der Waals surface area (Å²) in [5, 5.41) is 9.16. The fourth-order valence-electron chi connectivity index (χ4n) is 6.14. The molecule has 4 saturated carbocycles. The summed E-state index contributed by atoms with van der Waals surface area (Å²) < 4.78 is 16.7. The summed E-state index contributed by atoms with van der Waals surface area (Å²) in [6, 6.07) is 5.28. The fourth-order valence-corrected chi connectivity index (χ4v) is 6.79. The van der Waals surface area contributed by atoms with Gasteiger partial charge in [-0.3, -0.25) is 4.79 Å². The molecule has 0 atom stereocenters. The molecule has 5 aliphatic rings. The molecule has 4 fully saturated rings. The highest BCUT2D eigenvalue weighted by Crippen LogP contribution is 2.60. The third-order valence-electron chi connectivity index (χ3n) is 6.92. The van der Waals surface area contributed by atoms with Crippen LogP contribution in [0.15, 0.2) is 27.8 Å². The SMILES string of the molecule is O=C(CSc1nnc(C23CC4CC(CC(C4)C2)C3)o1)c1ccc2c(c1)OCO2. The van der Waals surface area contributed by atoms with Crippen LogP contribution in [0.5, 0.6) is 11.5 Å². The number of hydrogen-bond acceptors (Lipinski definition) is 7. The van der Waals surface area contributed by atoms with Gasteiger partial charge in [0, 0.05) is 11.0 Å². The van der Waals surface area contributed by atoms with Gasteiger partial charge in [0.2, 0.25) is 12.7 Å². The van der Waals surface area contributed by atoms with Crippen molar-refractivity contribution in [2.45, 2.75) is 49.2 Å². The van der Waals surface area contributed by atoms with Crippen LogP contribution in [-0.2, 0) is 5.41 Å². The first-order valence-corrected chi connectivity index (χ1v) is 11.1. The lowest BCUT2D eigenvalue weighted by molar-refractivity contribution is -0.0191. The average molecular weight is 398 g/mol. The minimum Gasteiger partial charge on any atom is -0.454 e. The number of nitrogens with zero attached hydrogens (tertiary/aromatic N) is 2. The minimum atomic E-state index is 0.0119. The predicted octanol–water partition coefficient (Wildman–Crippen LogP) is 4.24. The van der Waals surface area contributed by atoms with Gasteiger partial charge < -0.3 is 13.9 Å². The van der Waals surface area contributed by atoms with Crippen molar-refractivity contribution in [3.8, 4) is 11.5 Å². The van der Waals surface area contributed by atoms with Crippen molar-refractivity contribution in [2.24, 2.45) is 17.8 Å². The van der Waals surface area contributed by atoms with E-state index in [4.69, 9.17) is 13.9 Å². The smallest absolute Gasteiger partial charge is 0.277 e. The van der Waals surface area contributed by atoms with Crippen LogP contribution in [-0.4, -0.2) is 28.5 Å². The van der Waals surface area contributed by atoms with Crippen molar-refractivity contribution < 1.29 is 18.7 Å². The summed E-state index contributed by atoms with van der Waals surface area (Å²) in [6.07, 6.45) is 7.75. The van der Waals surface area contributed by atoms with Gasteiger partial charge >= 0.3 is 0 Å². The molecule has 0 spiro atoms. The summed E-state index contributed by atoms with van der Waals surface area (Å²) in [7, 11) is 0. The van der Waals surface area contributed by atoms with Gasteiger partial charge in [0.05, 0.1) is 5.75 Å². The number of benzene rings is 1. The molecule has 0 amide bonds. The number of ketones is 1. The minimum absolute atomic E-state index is 0.0119. The molecule has 0 radical (unpaired) electrons. The van der Waals surface area contributed by atoms with Crippen molar-refractivity contribution in [3.63, 3.8) is 0 Å². The first-order chi connectivity index (χ1) is 13.7. The summed E-state index contributed by atoms with van der Waals surface area (Å²) in [5.41, 5.74) is 0.708. The van der Waals surface area contributed by atoms with Gasteiger partial charge in [0.25, 0.3) is 5.22 Å². The Hall–Kier alpha value is -2.02. The zero-order valence-electron chi connectivity index (χ0n) is 15.6. The van der Waals surface area contributed by atoms with Gasteiger partial charge in [-0.25, -0.2) is 0 Å². The molecule has 0 saturated heterocycles. The molecule has 0 unspecified atom stereocenters. The molecular formula is C21H22N2O4S. The maximum atomic E-state index is 12.5. The Balaban J connectivity index is 1.15. The second-order valence-corrected chi connectivity index (χ2v) is 9.78. The average Bonchev–Trinajstić information content (AvgIpc) is 3.34. The highest BCUT2D eigenvalue weighted by Gasteiger charge is 2.54. The monoisotopic (exact) mass is 398 g/mol.